The first kappa shape index (κ1) is 12.5. The molecule has 0 saturated heterocycles. The van der Waals surface area contributed by atoms with E-state index in [0.29, 0.717) is 5.92 Å². The van der Waals surface area contributed by atoms with Crippen LogP contribution in [0.15, 0.2) is 22.7 Å². The van der Waals surface area contributed by atoms with Crippen LogP contribution in [0.5, 0.6) is 5.75 Å². The van der Waals surface area contributed by atoms with Crippen molar-refractivity contribution in [3.63, 3.8) is 0 Å². The van der Waals surface area contributed by atoms with Crippen LogP contribution in [-0.2, 0) is 0 Å². The monoisotopic (exact) mass is 271 g/mol. The van der Waals surface area contributed by atoms with Crippen molar-refractivity contribution in [1.82, 2.24) is 0 Å². The number of halogens is 1. The van der Waals surface area contributed by atoms with E-state index in [4.69, 9.17) is 10.5 Å². The number of nitrogens with two attached hydrogens (primary N) is 1. The molecule has 0 bridgehead atoms. The zero-order valence-corrected chi connectivity index (χ0v) is 10.9. The van der Waals surface area contributed by atoms with E-state index in [1.54, 1.807) is 7.11 Å². The quantitative estimate of drug-likeness (QED) is 0.892. The number of methoxy groups -OCH3 is 1. The number of benzene rings is 1. The van der Waals surface area contributed by atoms with Crippen molar-refractivity contribution >= 4 is 15.9 Å². The molecule has 0 aromatic heterocycles. The lowest BCUT2D eigenvalue weighted by Gasteiger charge is -2.15. The summed E-state index contributed by atoms with van der Waals surface area (Å²) in [5, 5.41) is 0. The van der Waals surface area contributed by atoms with Crippen molar-refractivity contribution in [3.05, 3.63) is 28.2 Å². The Bertz CT molecular complexity index is 314. The fraction of sp³-hybridized carbons (Fsp3) is 0.500. The Morgan fingerprint density at radius 2 is 2.20 bits per heavy atom. The van der Waals surface area contributed by atoms with Crippen molar-refractivity contribution in [2.75, 3.05) is 13.7 Å². The van der Waals surface area contributed by atoms with Gasteiger partial charge in [0.2, 0.25) is 0 Å². The predicted molar refractivity (Wildman–Crippen MR) is 67.4 cm³/mol. The molecule has 0 aliphatic rings. The second kappa shape index (κ2) is 6.13. The van der Waals surface area contributed by atoms with Gasteiger partial charge >= 0.3 is 0 Å². The molecule has 0 saturated carbocycles. The lowest BCUT2D eigenvalue weighted by molar-refractivity contribution is 0.404. The topological polar surface area (TPSA) is 35.2 Å². The second-order valence-electron chi connectivity index (χ2n) is 3.72. The lowest BCUT2D eigenvalue weighted by Crippen LogP contribution is -2.03. The average molecular weight is 272 g/mol. The minimum absolute atomic E-state index is 0.487. The molecule has 2 nitrogen and oxygen atoms in total. The van der Waals surface area contributed by atoms with Crippen molar-refractivity contribution < 1.29 is 4.74 Å². The van der Waals surface area contributed by atoms with Crippen molar-refractivity contribution in [3.8, 4) is 5.75 Å². The third-order valence-electron chi connectivity index (χ3n) is 2.56. The maximum absolute atomic E-state index is 5.51. The number of hydrogen-bond donors (Lipinski definition) is 1. The normalized spacial score (nSPS) is 12.5. The van der Waals surface area contributed by atoms with Crippen LogP contribution in [0.1, 0.15) is 31.2 Å². The van der Waals surface area contributed by atoms with E-state index in [9.17, 15) is 0 Å². The summed E-state index contributed by atoms with van der Waals surface area (Å²) in [5.41, 5.74) is 6.77. The van der Waals surface area contributed by atoms with Gasteiger partial charge in [0, 0.05) is 4.47 Å². The van der Waals surface area contributed by atoms with Gasteiger partial charge < -0.3 is 10.5 Å². The maximum Gasteiger partial charge on any atom is 0.122 e. The van der Waals surface area contributed by atoms with Crippen molar-refractivity contribution in [2.45, 2.75) is 25.7 Å². The molecule has 0 heterocycles. The molecule has 84 valence electrons. The standard InChI is InChI=1S/C12H18BrNO/c1-9(4-3-7-14)11-8-10(13)5-6-12(11)15-2/h5-6,8-9H,3-4,7,14H2,1-2H3. The molecular formula is C12H18BrNO. The van der Waals surface area contributed by atoms with Crippen LogP contribution in [-0.4, -0.2) is 13.7 Å². The van der Waals surface area contributed by atoms with Gasteiger partial charge in [-0.25, -0.2) is 0 Å². The highest BCUT2D eigenvalue weighted by molar-refractivity contribution is 9.10. The first-order valence-corrected chi connectivity index (χ1v) is 6.01. The number of ether oxygens (including phenoxy) is 1. The Morgan fingerprint density at radius 3 is 2.80 bits per heavy atom. The zero-order chi connectivity index (χ0) is 11.3. The summed E-state index contributed by atoms with van der Waals surface area (Å²) in [7, 11) is 1.71. The molecule has 1 atom stereocenters. The molecule has 2 N–H and O–H groups in total. The summed E-state index contributed by atoms with van der Waals surface area (Å²) in [4.78, 5) is 0. The number of rotatable bonds is 5. The molecule has 1 rings (SSSR count). The molecular weight excluding hydrogens is 254 g/mol. The van der Waals surface area contributed by atoms with E-state index in [0.717, 1.165) is 29.6 Å². The highest BCUT2D eigenvalue weighted by Gasteiger charge is 2.11. The van der Waals surface area contributed by atoms with Crippen molar-refractivity contribution in [1.29, 1.82) is 0 Å². The molecule has 1 aromatic carbocycles. The van der Waals surface area contributed by atoms with Crippen LogP contribution >= 0.6 is 15.9 Å². The summed E-state index contributed by atoms with van der Waals surface area (Å²) < 4.78 is 6.44. The smallest absolute Gasteiger partial charge is 0.122 e. The number of hydrogen-bond acceptors (Lipinski definition) is 2. The van der Waals surface area contributed by atoms with Gasteiger partial charge in [-0.05, 0) is 49.1 Å². The third-order valence-corrected chi connectivity index (χ3v) is 3.06. The molecule has 1 unspecified atom stereocenters. The summed E-state index contributed by atoms with van der Waals surface area (Å²) >= 11 is 3.48. The molecule has 3 heteroatoms. The Hall–Kier alpha value is -0.540. The largest absolute Gasteiger partial charge is 0.496 e. The average Bonchev–Trinajstić information content (AvgIpc) is 2.25. The summed E-state index contributed by atoms with van der Waals surface area (Å²) in [5.74, 6) is 1.45. The molecule has 0 radical (unpaired) electrons. The molecule has 0 aliphatic heterocycles. The Balaban J connectivity index is 2.85. The van der Waals surface area contributed by atoms with Gasteiger partial charge in [0.25, 0.3) is 0 Å². The summed E-state index contributed by atoms with van der Waals surface area (Å²) in [6, 6.07) is 6.12. The molecule has 0 spiro atoms. The van der Waals surface area contributed by atoms with E-state index in [2.05, 4.69) is 28.9 Å². The highest BCUT2D eigenvalue weighted by atomic mass is 79.9. The third kappa shape index (κ3) is 3.50. The SMILES string of the molecule is COc1ccc(Br)cc1C(C)CCCN. The van der Waals surface area contributed by atoms with Crippen LogP contribution < -0.4 is 10.5 Å². The molecule has 0 fully saturated rings. The van der Waals surface area contributed by atoms with Crippen LogP contribution in [0, 0.1) is 0 Å². The molecule has 15 heavy (non-hydrogen) atoms. The van der Waals surface area contributed by atoms with Crippen LogP contribution in [0.25, 0.3) is 0 Å². The Kier molecular flexibility index (Phi) is 5.12. The predicted octanol–water partition coefficient (Wildman–Crippen LogP) is 3.30. The molecule has 1 aromatic rings. The summed E-state index contributed by atoms with van der Waals surface area (Å²) in [6.45, 7) is 2.96. The van der Waals surface area contributed by atoms with E-state index < -0.39 is 0 Å². The highest BCUT2D eigenvalue weighted by Crippen LogP contribution is 2.31. The van der Waals surface area contributed by atoms with Gasteiger partial charge in [-0.1, -0.05) is 22.9 Å². The van der Waals surface area contributed by atoms with E-state index >= 15 is 0 Å². The molecule has 0 aliphatic carbocycles. The molecule has 0 amide bonds. The van der Waals surface area contributed by atoms with Crippen LogP contribution in [0.3, 0.4) is 0 Å². The maximum atomic E-state index is 5.51. The minimum atomic E-state index is 0.487. The van der Waals surface area contributed by atoms with Gasteiger partial charge in [-0.3, -0.25) is 0 Å². The van der Waals surface area contributed by atoms with Gasteiger partial charge in [0.05, 0.1) is 7.11 Å². The van der Waals surface area contributed by atoms with Gasteiger partial charge in [-0.2, -0.15) is 0 Å². The first-order valence-electron chi connectivity index (χ1n) is 5.22. The Morgan fingerprint density at radius 1 is 1.47 bits per heavy atom. The first-order chi connectivity index (χ1) is 7.19. The van der Waals surface area contributed by atoms with Gasteiger partial charge in [0.1, 0.15) is 5.75 Å². The fourth-order valence-electron chi connectivity index (χ4n) is 1.67. The van der Waals surface area contributed by atoms with E-state index in [1.807, 2.05) is 12.1 Å². The van der Waals surface area contributed by atoms with Crippen LogP contribution in [0.2, 0.25) is 0 Å². The second-order valence-corrected chi connectivity index (χ2v) is 4.63. The van der Waals surface area contributed by atoms with Gasteiger partial charge in [-0.15, -0.1) is 0 Å². The van der Waals surface area contributed by atoms with E-state index in [1.165, 1.54) is 5.56 Å². The fourth-order valence-corrected chi connectivity index (χ4v) is 2.05. The van der Waals surface area contributed by atoms with Crippen LogP contribution in [0.4, 0.5) is 0 Å². The Labute approximate surface area is 99.9 Å². The minimum Gasteiger partial charge on any atom is -0.496 e. The zero-order valence-electron chi connectivity index (χ0n) is 9.29. The van der Waals surface area contributed by atoms with Crippen molar-refractivity contribution in [2.24, 2.45) is 5.73 Å². The lowest BCUT2D eigenvalue weighted by atomic mass is 9.95. The van der Waals surface area contributed by atoms with E-state index in [-0.39, 0.29) is 0 Å². The van der Waals surface area contributed by atoms with Gasteiger partial charge in [0.15, 0.2) is 0 Å². The summed E-state index contributed by atoms with van der Waals surface area (Å²) in [6.07, 6.45) is 2.15.